The molecule has 1 saturated heterocycles. The SMILES string of the molecule is CCNc1ncnc(N2CCNC(=O)CC2)c1C(C)C. The number of nitrogens with zero attached hydrogens (tertiary/aromatic N) is 3. The standard InChI is InChI=1S/C14H23N5O/c1-4-15-13-12(10(2)3)14(18-9-17-13)19-7-5-11(20)16-6-8-19/h9-10H,4-8H2,1-3H3,(H,16,20)(H,15,17,18). The minimum absolute atomic E-state index is 0.111. The van der Waals surface area contributed by atoms with Crippen molar-refractivity contribution in [2.75, 3.05) is 36.4 Å². The first kappa shape index (κ1) is 14.6. The second kappa shape index (κ2) is 6.54. The average Bonchev–Trinajstić information content (AvgIpc) is 2.63. The van der Waals surface area contributed by atoms with Crippen LogP contribution in [0.4, 0.5) is 11.6 Å². The summed E-state index contributed by atoms with van der Waals surface area (Å²) in [4.78, 5) is 22.5. The molecule has 6 nitrogen and oxygen atoms in total. The molecule has 0 saturated carbocycles. The molecule has 1 aliphatic heterocycles. The molecule has 110 valence electrons. The van der Waals surface area contributed by atoms with E-state index in [1.807, 2.05) is 0 Å². The molecule has 0 unspecified atom stereocenters. The number of carbonyl (C=O) groups is 1. The van der Waals surface area contributed by atoms with Crippen molar-refractivity contribution in [3.63, 3.8) is 0 Å². The van der Waals surface area contributed by atoms with Crippen molar-refractivity contribution in [1.29, 1.82) is 0 Å². The van der Waals surface area contributed by atoms with Crippen LogP contribution in [0.3, 0.4) is 0 Å². The fraction of sp³-hybridized carbons (Fsp3) is 0.643. The maximum Gasteiger partial charge on any atom is 0.221 e. The van der Waals surface area contributed by atoms with Crippen molar-refractivity contribution in [3.05, 3.63) is 11.9 Å². The molecule has 0 aliphatic carbocycles. The van der Waals surface area contributed by atoms with E-state index in [1.54, 1.807) is 6.33 Å². The molecule has 1 fully saturated rings. The Hall–Kier alpha value is -1.85. The minimum Gasteiger partial charge on any atom is -0.370 e. The molecule has 2 heterocycles. The first-order valence-corrected chi connectivity index (χ1v) is 7.23. The van der Waals surface area contributed by atoms with Gasteiger partial charge in [-0.1, -0.05) is 13.8 Å². The maximum atomic E-state index is 11.5. The number of aromatic nitrogens is 2. The van der Waals surface area contributed by atoms with Gasteiger partial charge in [-0.05, 0) is 12.8 Å². The second-order valence-electron chi connectivity index (χ2n) is 5.23. The minimum atomic E-state index is 0.111. The van der Waals surface area contributed by atoms with E-state index in [9.17, 15) is 4.79 Å². The van der Waals surface area contributed by atoms with Crippen LogP contribution >= 0.6 is 0 Å². The quantitative estimate of drug-likeness (QED) is 0.869. The summed E-state index contributed by atoms with van der Waals surface area (Å²) in [6.45, 7) is 9.32. The Morgan fingerprint density at radius 1 is 1.40 bits per heavy atom. The molecular formula is C14H23N5O. The molecule has 0 spiro atoms. The van der Waals surface area contributed by atoms with E-state index in [1.165, 1.54) is 0 Å². The van der Waals surface area contributed by atoms with Gasteiger partial charge in [0, 0.05) is 38.2 Å². The zero-order valence-electron chi connectivity index (χ0n) is 12.4. The fourth-order valence-corrected chi connectivity index (χ4v) is 2.46. The van der Waals surface area contributed by atoms with E-state index in [4.69, 9.17) is 0 Å². The van der Waals surface area contributed by atoms with Crippen molar-refractivity contribution in [3.8, 4) is 0 Å². The molecule has 1 aliphatic rings. The number of rotatable bonds is 4. The van der Waals surface area contributed by atoms with Gasteiger partial charge in [0.2, 0.25) is 5.91 Å². The van der Waals surface area contributed by atoms with Crippen LogP contribution in [0.1, 0.15) is 38.7 Å². The normalized spacial score (nSPS) is 16.0. The molecule has 2 rings (SSSR count). The predicted octanol–water partition coefficient (Wildman–Crippen LogP) is 1.36. The van der Waals surface area contributed by atoms with E-state index >= 15 is 0 Å². The zero-order chi connectivity index (χ0) is 14.5. The highest BCUT2D eigenvalue weighted by atomic mass is 16.1. The Balaban J connectivity index is 2.34. The molecule has 0 atom stereocenters. The molecule has 2 N–H and O–H groups in total. The Labute approximate surface area is 120 Å². The molecule has 0 aromatic carbocycles. The van der Waals surface area contributed by atoms with Crippen LogP contribution in [-0.4, -0.2) is 42.1 Å². The fourth-order valence-electron chi connectivity index (χ4n) is 2.46. The van der Waals surface area contributed by atoms with Gasteiger partial charge in [0.25, 0.3) is 0 Å². The smallest absolute Gasteiger partial charge is 0.221 e. The highest BCUT2D eigenvalue weighted by molar-refractivity contribution is 5.77. The highest BCUT2D eigenvalue weighted by Gasteiger charge is 2.21. The summed E-state index contributed by atoms with van der Waals surface area (Å²) in [5.41, 5.74) is 1.13. The third kappa shape index (κ3) is 3.18. The first-order valence-electron chi connectivity index (χ1n) is 7.23. The van der Waals surface area contributed by atoms with E-state index in [-0.39, 0.29) is 5.91 Å². The van der Waals surface area contributed by atoms with Gasteiger partial charge in [-0.15, -0.1) is 0 Å². The Kier molecular flexibility index (Phi) is 4.76. The Bertz CT molecular complexity index is 475. The first-order chi connectivity index (χ1) is 9.63. The lowest BCUT2D eigenvalue weighted by Crippen LogP contribution is -2.30. The molecule has 20 heavy (non-hydrogen) atoms. The topological polar surface area (TPSA) is 70.2 Å². The van der Waals surface area contributed by atoms with Crippen molar-refractivity contribution >= 4 is 17.5 Å². The number of anilines is 2. The summed E-state index contributed by atoms with van der Waals surface area (Å²) in [6, 6.07) is 0. The number of hydrogen-bond donors (Lipinski definition) is 2. The monoisotopic (exact) mass is 277 g/mol. The summed E-state index contributed by atoms with van der Waals surface area (Å²) >= 11 is 0. The molecule has 0 radical (unpaired) electrons. The Morgan fingerprint density at radius 3 is 2.90 bits per heavy atom. The summed E-state index contributed by atoms with van der Waals surface area (Å²) < 4.78 is 0. The summed E-state index contributed by atoms with van der Waals surface area (Å²) in [7, 11) is 0. The average molecular weight is 277 g/mol. The van der Waals surface area contributed by atoms with Crippen LogP contribution in [0.5, 0.6) is 0 Å². The highest BCUT2D eigenvalue weighted by Crippen LogP contribution is 2.30. The van der Waals surface area contributed by atoms with Crippen molar-refractivity contribution in [1.82, 2.24) is 15.3 Å². The third-order valence-corrected chi connectivity index (χ3v) is 3.40. The second-order valence-corrected chi connectivity index (χ2v) is 5.23. The van der Waals surface area contributed by atoms with Crippen molar-refractivity contribution in [2.24, 2.45) is 0 Å². The van der Waals surface area contributed by atoms with Gasteiger partial charge in [-0.3, -0.25) is 4.79 Å². The molecule has 1 amide bonds. The number of nitrogens with one attached hydrogen (secondary N) is 2. The van der Waals surface area contributed by atoms with Crippen LogP contribution in [0.2, 0.25) is 0 Å². The molecule has 6 heteroatoms. The van der Waals surface area contributed by atoms with Crippen LogP contribution < -0.4 is 15.5 Å². The number of carbonyl (C=O) groups excluding carboxylic acids is 1. The lowest BCUT2D eigenvalue weighted by Gasteiger charge is -2.26. The van der Waals surface area contributed by atoms with Crippen LogP contribution in [0.25, 0.3) is 0 Å². The molecular weight excluding hydrogens is 254 g/mol. The number of hydrogen-bond acceptors (Lipinski definition) is 5. The maximum absolute atomic E-state index is 11.5. The van der Waals surface area contributed by atoms with Crippen LogP contribution in [-0.2, 0) is 4.79 Å². The van der Waals surface area contributed by atoms with Gasteiger partial charge in [0.15, 0.2) is 0 Å². The van der Waals surface area contributed by atoms with Gasteiger partial charge < -0.3 is 15.5 Å². The van der Waals surface area contributed by atoms with Gasteiger partial charge in [-0.25, -0.2) is 9.97 Å². The van der Waals surface area contributed by atoms with E-state index < -0.39 is 0 Å². The van der Waals surface area contributed by atoms with Gasteiger partial charge in [-0.2, -0.15) is 0 Å². The van der Waals surface area contributed by atoms with Gasteiger partial charge in [0.05, 0.1) is 0 Å². The zero-order valence-corrected chi connectivity index (χ0v) is 12.4. The lowest BCUT2D eigenvalue weighted by atomic mass is 10.0. The van der Waals surface area contributed by atoms with Crippen LogP contribution in [0, 0.1) is 0 Å². The largest absolute Gasteiger partial charge is 0.370 e. The molecule has 1 aromatic heterocycles. The molecule has 0 bridgehead atoms. The van der Waals surface area contributed by atoms with Crippen molar-refractivity contribution < 1.29 is 4.79 Å². The van der Waals surface area contributed by atoms with Gasteiger partial charge >= 0.3 is 0 Å². The third-order valence-electron chi connectivity index (χ3n) is 3.40. The number of amides is 1. The lowest BCUT2D eigenvalue weighted by molar-refractivity contribution is -0.120. The molecule has 1 aromatic rings. The van der Waals surface area contributed by atoms with E-state index in [0.717, 1.165) is 30.3 Å². The van der Waals surface area contributed by atoms with Gasteiger partial charge in [0.1, 0.15) is 18.0 Å². The summed E-state index contributed by atoms with van der Waals surface area (Å²) in [5, 5.41) is 6.19. The summed E-state index contributed by atoms with van der Waals surface area (Å²) in [5.74, 6) is 2.28. The van der Waals surface area contributed by atoms with Crippen LogP contribution in [0.15, 0.2) is 6.33 Å². The van der Waals surface area contributed by atoms with E-state index in [0.29, 0.717) is 25.4 Å². The summed E-state index contributed by atoms with van der Waals surface area (Å²) in [6.07, 6.45) is 2.11. The predicted molar refractivity (Wildman–Crippen MR) is 80.1 cm³/mol. The van der Waals surface area contributed by atoms with Crippen molar-refractivity contribution in [2.45, 2.75) is 33.1 Å². The van der Waals surface area contributed by atoms with E-state index in [2.05, 4.69) is 46.3 Å². The Morgan fingerprint density at radius 2 is 2.20 bits per heavy atom.